The highest BCUT2D eigenvalue weighted by Gasteiger charge is 2.11. The van der Waals surface area contributed by atoms with E-state index in [0.29, 0.717) is 19.0 Å². The molecule has 28 heavy (non-hydrogen) atoms. The molecule has 0 aliphatic carbocycles. The van der Waals surface area contributed by atoms with E-state index in [4.69, 9.17) is 15.2 Å². The summed E-state index contributed by atoms with van der Waals surface area (Å²) in [6.07, 6.45) is 3.64. The van der Waals surface area contributed by atoms with E-state index in [9.17, 15) is 9.90 Å². The first-order chi connectivity index (χ1) is 13.5. The van der Waals surface area contributed by atoms with Gasteiger partial charge in [-0.1, -0.05) is 18.6 Å². The van der Waals surface area contributed by atoms with Crippen LogP contribution in [-0.2, 0) is 13.0 Å². The fourth-order valence-electron chi connectivity index (χ4n) is 3.16. The van der Waals surface area contributed by atoms with Crippen LogP contribution in [0.4, 0.5) is 0 Å². The van der Waals surface area contributed by atoms with E-state index in [1.807, 2.05) is 24.3 Å². The molecule has 0 saturated carbocycles. The molecule has 0 aliphatic rings. The fraction of sp³-hybridized carbons (Fsp3) is 0.409. The number of ether oxygens (including phenoxy) is 2. The van der Waals surface area contributed by atoms with E-state index in [-0.39, 0.29) is 11.3 Å². The summed E-state index contributed by atoms with van der Waals surface area (Å²) < 4.78 is 10.7. The third kappa shape index (κ3) is 5.89. The zero-order valence-corrected chi connectivity index (χ0v) is 16.8. The lowest BCUT2D eigenvalue weighted by atomic mass is 10.0. The average molecular weight is 386 g/mol. The second-order valence-corrected chi connectivity index (χ2v) is 6.88. The zero-order valence-electron chi connectivity index (χ0n) is 16.8. The van der Waals surface area contributed by atoms with Gasteiger partial charge in [-0.15, -0.1) is 0 Å². The Hall–Kier alpha value is -2.73. The number of benzene rings is 2. The molecule has 0 saturated heterocycles. The number of methoxy groups -OCH3 is 2. The van der Waals surface area contributed by atoms with E-state index in [0.717, 1.165) is 41.9 Å². The molecule has 2 aromatic carbocycles. The number of para-hydroxylation sites is 1. The summed E-state index contributed by atoms with van der Waals surface area (Å²) in [6.45, 7) is 2.85. The number of aryl methyl sites for hydroxylation is 1. The lowest BCUT2D eigenvalue weighted by Gasteiger charge is -2.16. The molecule has 1 unspecified atom stereocenters. The number of hydrogen-bond acceptors (Lipinski definition) is 5. The van der Waals surface area contributed by atoms with Crippen molar-refractivity contribution in [3.8, 4) is 17.2 Å². The third-order valence-electron chi connectivity index (χ3n) is 4.85. The minimum absolute atomic E-state index is 0.00583. The predicted octanol–water partition coefficient (Wildman–Crippen LogP) is 3.40. The quantitative estimate of drug-likeness (QED) is 0.515. The van der Waals surface area contributed by atoms with Crippen molar-refractivity contribution in [3.05, 3.63) is 53.1 Å². The van der Waals surface area contributed by atoms with Crippen molar-refractivity contribution in [3.63, 3.8) is 0 Å². The van der Waals surface area contributed by atoms with Crippen molar-refractivity contribution in [1.82, 2.24) is 5.32 Å². The minimum Gasteiger partial charge on any atom is -0.507 e. The minimum atomic E-state index is -0.606. The van der Waals surface area contributed by atoms with Gasteiger partial charge in [0.2, 0.25) is 0 Å². The van der Waals surface area contributed by atoms with Gasteiger partial charge in [0.15, 0.2) is 0 Å². The van der Waals surface area contributed by atoms with Crippen LogP contribution in [-0.4, -0.2) is 31.3 Å². The summed E-state index contributed by atoms with van der Waals surface area (Å²) in [6, 6.07) is 11.2. The first-order valence-electron chi connectivity index (χ1n) is 9.51. The van der Waals surface area contributed by atoms with Gasteiger partial charge >= 0.3 is 0 Å². The van der Waals surface area contributed by atoms with Crippen LogP contribution < -0.4 is 20.5 Å². The summed E-state index contributed by atoms with van der Waals surface area (Å²) in [4.78, 5) is 11.3. The smallest absolute Gasteiger partial charge is 0.252 e. The van der Waals surface area contributed by atoms with Crippen LogP contribution in [0.1, 0.15) is 47.7 Å². The van der Waals surface area contributed by atoms with Crippen molar-refractivity contribution in [2.24, 2.45) is 5.73 Å². The number of nitrogens with one attached hydrogen (secondary N) is 1. The van der Waals surface area contributed by atoms with Crippen molar-refractivity contribution in [1.29, 1.82) is 0 Å². The number of carbonyl (C=O) groups excluding carboxylic acids is 1. The Labute approximate surface area is 166 Å². The molecule has 6 nitrogen and oxygen atoms in total. The number of unbranched alkanes of at least 4 members (excludes halogenated alkanes) is 1. The number of rotatable bonds is 11. The molecule has 0 bridgehead atoms. The average Bonchev–Trinajstić information content (AvgIpc) is 2.70. The van der Waals surface area contributed by atoms with Crippen molar-refractivity contribution in [2.75, 3.05) is 14.2 Å². The summed E-state index contributed by atoms with van der Waals surface area (Å²) in [5, 5.41) is 13.6. The van der Waals surface area contributed by atoms with E-state index >= 15 is 0 Å². The monoisotopic (exact) mass is 386 g/mol. The van der Waals surface area contributed by atoms with Crippen LogP contribution in [0.15, 0.2) is 36.4 Å². The van der Waals surface area contributed by atoms with Crippen LogP contribution in [0.2, 0.25) is 0 Å². The van der Waals surface area contributed by atoms with Gasteiger partial charge in [0, 0.05) is 18.2 Å². The molecular formula is C22H30N2O4. The number of hydrogen-bond donors (Lipinski definition) is 3. The molecule has 0 spiro atoms. The molecule has 0 aliphatic heterocycles. The van der Waals surface area contributed by atoms with Gasteiger partial charge in [-0.2, -0.15) is 0 Å². The maximum absolute atomic E-state index is 11.3. The maximum atomic E-state index is 11.3. The topological polar surface area (TPSA) is 93.8 Å². The van der Waals surface area contributed by atoms with Crippen LogP contribution in [0, 0.1) is 0 Å². The summed E-state index contributed by atoms with van der Waals surface area (Å²) in [7, 11) is 3.32. The van der Waals surface area contributed by atoms with Crippen LogP contribution >= 0.6 is 0 Å². The molecule has 0 radical (unpaired) electrons. The van der Waals surface area contributed by atoms with Crippen molar-refractivity contribution < 1.29 is 19.4 Å². The van der Waals surface area contributed by atoms with Gasteiger partial charge in [-0.3, -0.25) is 4.79 Å². The SMILES string of the molecule is COc1ccc(OC)c(CNC(C)CCCCc2cccc(C(N)=O)c2O)c1. The fourth-order valence-corrected chi connectivity index (χ4v) is 3.16. The Balaban J connectivity index is 1.79. The van der Waals surface area contributed by atoms with E-state index < -0.39 is 5.91 Å². The number of phenols is 1. The molecule has 4 N–H and O–H groups in total. The van der Waals surface area contributed by atoms with E-state index in [2.05, 4.69) is 12.2 Å². The standard InChI is InChI=1S/C22H30N2O4/c1-15(24-14-17-13-18(27-2)11-12-20(17)28-3)7-4-5-8-16-9-6-10-19(21(16)25)22(23)26/h6,9-13,15,24-25H,4-5,7-8,14H2,1-3H3,(H2,23,26). The Morgan fingerprint density at radius 3 is 2.61 bits per heavy atom. The maximum Gasteiger partial charge on any atom is 0.252 e. The van der Waals surface area contributed by atoms with Crippen molar-refractivity contribution in [2.45, 2.75) is 45.2 Å². The summed E-state index contributed by atoms with van der Waals surface area (Å²) >= 11 is 0. The summed E-state index contributed by atoms with van der Waals surface area (Å²) in [5.74, 6) is 1.05. The van der Waals surface area contributed by atoms with Gasteiger partial charge in [-0.05, 0) is 56.0 Å². The highest BCUT2D eigenvalue weighted by atomic mass is 16.5. The second-order valence-electron chi connectivity index (χ2n) is 6.88. The normalized spacial score (nSPS) is 11.8. The molecule has 1 atom stereocenters. The molecule has 1 amide bonds. The molecule has 2 aromatic rings. The molecule has 0 aromatic heterocycles. The molecule has 0 fully saturated rings. The van der Waals surface area contributed by atoms with Gasteiger partial charge in [0.05, 0.1) is 19.8 Å². The molecule has 6 heteroatoms. The molecule has 0 heterocycles. The molecule has 2 rings (SSSR count). The van der Waals surface area contributed by atoms with Crippen LogP contribution in [0.3, 0.4) is 0 Å². The van der Waals surface area contributed by atoms with Crippen LogP contribution in [0.5, 0.6) is 17.2 Å². The van der Waals surface area contributed by atoms with Crippen molar-refractivity contribution >= 4 is 5.91 Å². The lowest BCUT2D eigenvalue weighted by molar-refractivity contribution is 0.0997. The number of carbonyl (C=O) groups is 1. The van der Waals surface area contributed by atoms with Crippen LogP contribution in [0.25, 0.3) is 0 Å². The Morgan fingerprint density at radius 1 is 1.14 bits per heavy atom. The Morgan fingerprint density at radius 2 is 1.93 bits per heavy atom. The van der Waals surface area contributed by atoms with Gasteiger partial charge in [-0.25, -0.2) is 0 Å². The highest BCUT2D eigenvalue weighted by Crippen LogP contribution is 2.25. The van der Waals surface area contributed by atoms with E-state index in [1.165, 1.54) is 0 Å². The molecular weight excluding hydrogens is 356 g/mol. The zero-order chi connectivity index (χ0) is 20.5. The number of primary amides is 1. The number of aromatic hydroxyl groups is 1. The first-order valence-corrected chi connectivity index (χ1v) is 9.51. The highest BCUT2D eigenvalue weighted by molar-refractivity contribution is 5.95. The number of nitrogens with two attached hydrogens (primary N) is 1. The number of amides is 1. The van der Waals surface area contributed by atoms with Gasteiger partial charge in [0.1, 0.15) is 17.2 Å². The van der Waals surface area contributed by atoms with E-state index in [1.54, 1.807) is 26.4 Å². The lowest BCUT2D eigenvalue weighted by Crippen LogP contribution is -2.25. The largest absolute Gasteiger partial charge is 0.507 e. The Bertz CT molecular complexity index is 792. The Kier molecular flexibility index (Phi) is 8.14. The first kappa shape index (κ1) is 21.6. The predicted molar refractivity (Wildman–Crippen MR) is 110 cm³/mol. The second kappa shape index (κ2) is 10.6. The van der Waals surface area contributed by atoms with Gasteiger partial charge in [0.25, 0.3) is 5.91 Å². The third-order valence-corrected chi connectivity index (χ3v) is 4.85. The molecule has 152 valence electrons. The summed E-state index contributed by atoms with van der Waals surface area (Å²) in [5.41, 5.74) is 7.27. The van der Waals surface area contributed by atoms with Gasteiger partial charge < -0.3 is 25.6 Å².